The van der Waals surface area contributed by atoms with Gasteiger partial charge in [0.25, 0.3) is 0 Å². The van der Waals surface area contributed by atoms with Crippen molar-refractivity contribution in [1.82, 2.24) is 0 Å². The van der Waals surface area contributed by atoms with Crippen LogP contribution in [0.4, 0.5) is 0 Å². The molecule has 0 N–H and O–H groups in total. The fourth-order valence-corrected chi connectivity index (χ4v) is 9.46. The minimum Gasteiger partial charge on any atom is -0.160 e. The number of rotatable bonds is 5. The number of hydrogen-bond acceptors (Lipinski definition) is 1. The molecule has 2 aliphatic rings. The molecule has 0 heterocycles. The fourth-order valence-electron chi connectivity index (χ4n) is 6.22. The molecule has 3 aromatic rings. The molecule has 5 rings (SSSR count). The lowest BCUT2D eigenvalue weighted by molar-refractivity contribution is 0.375. The van der Waals surface area contributed by atoms with Crippen molar-refractivity contribution in [2.45, 2.75) is 52.9 Å². The number of nitrogens with zero attached hydrogens (tertiary/aromatic N) is 2. The first-order valence-electron chi connectivity index (χ1n) is 12.3. The summed E-state index contributed by atoms with van der Waals surface area (Å²) in [6, 6.07) is 32.5. The van der Waals surface area contributed by atoms with E-state index in [4.69, 9.17) is 9.96 Å². The molecule has 3 heteroatoms. The molecule has 2 nitrogen and oxygen atoms in total. The molecular weight excluding hydrogens is 419 g/mol. The van der Waals surface area contributed by atoms with Gasteiger partial charge in [-0.05, 0) is 38.0 Å². The summed E-state index contributed by atoms with van der Waals surface area (Å²) in [5.74, 6) is 0.884. The predicted octanol–water partition coefficient (Wildman–Crippen LogP) is 7.15. The number of fused-ring (bicyclic) bond motifs is 2. The lowest BCUT2D eigenvalue weighted by Gasteiger charge is -2.36. The van der Waals surface area contributed by atoms with Gasteiger partial charge in [-0.2, -0.15) is 9.96 Å². The Labute approximate surface area is 199 Å². The summed E-state index contributed by atoms with van der Waals surface area (Å²) in [6.45, 7) is 6.99. The maximum absolute atomic E-state index is 5.49. The van der Waals surface area contributed by atoms with Gasteiger partial charge in [-0.1, -0.05) is 112 Å². The SMILES string of the molecule is CC(C)(C)/C(=N\N=P(c1ccccc1)(c1ccccc1)c1ccccc1)C12CCC(CC1)C2. The molecule has 0 spiro atoms. The molecule has 0 aromatic heterocycles. The third-order valence-corrected chi connectivity index (χ3v) is 11.1. The van der Waals surface area contributed by atoms with Gasteiger partial charge in [-0.3, -0.25) is 0 Å². The average molecular weight is 455 g/mol. The lowest BCUT2D eigenvalue weighted by atomic mass is 9.70. The lowest BCUT2D eigenvalue weighted by Crippen LogP contribution is -2.36. The summed E-state index contributed by atoms with van der Waals surface area (Å²) in [5.41, 5.74) is 1.57. The number of hydrogen-bond donors (Lipinski definition) is 0. The number of benzene rings is 3. The molecule has 0 amide bonds. The summed E-state index contributed by atoms with van der Waals surface area (Å²) < 4.78 is 0. The molecule has 0 saturated heterocycles. The van der Waals surface area contributed by atoms with Crippen LogP contribution in [0.25, 0.3) is 0 Å². The van der Waals surface area contributed by atoms with E-state index in [1.54, 1.807) is 0 Å². The summed E-state index contributed by atoms with van der Waals surface area (Å²) in [4.78, 5) is 5.49. The van der Waals surface area contributed by atoms with E-state index in [2.05, 4.69) is 112 Å². The summed E-state index contributed by atoms with van der Waals surface area (Å²) in [7, 11) is -2.31. The van der Waals surface area contributed by atoms with E-state index in [1.165, 1.54) is 53.7 Å². The highest BCUT2D eigenvalue weighted by molar-refractivity contribution is 7.87. The van der Waals surface area contributed by atoms with Crippen LogP contribution in [0, 0.1) is 16.7 Å². The van der Waals surface area contributed by atoms with Crippen molar-refractivity contribution in [2.75, 3.05) is 0 Å². The van der Waals surface area contributed by atoms with Crippen molar-refractivity contribution in [2.24, 2.45) is 26.7 Å². The zero-order chi connectivity index (χ0) is 22.9. The zero-order valence-electron chi connectivity index (χ0n) is 20.1. The highest BCUT2D eigenvalue weighted by Crippen LogP contribution is 2.57. The largest absolute Gasteiger partial charge is 0.160 e. The maximum atomic E-state index is 5.49. The van der Waals surface area contributed by atoms with E-state index >= 15 is 0 Å². The first-order chi connectivity index (χ1) is 15.9. The van der Waals surface area contributed by atoms with E-state index in [9.17, 15) is 0 Å². The van der Waals surface area contributed by atoms with Crippen molar-refractivity contribution in [3.63, 3.8) is 0 Å². The molecule has 0 unspecified atom stereocenters. The van der Waals surface area contributed by atoms with Crippen LogP contribution in [-0.4, -0.2) is 5.71 Å². The van der Waals surface area contributed by atoms with Crippen LogP contribution in [0.3, 0.4) is 0 Å². The maximum Gasteiger partial charge on any atom is 0.0837 e. The van der Waals surface area contributed by atoms with Gasteiger partial charge in [0, 0.05) is 26.7 Å². The van der Waals surface area contributed by atoms with Gasteiger partial charge < -0.3 is 0 Å². The molecule has 0 aliphatic heterocycles. The molecular formula is C30H35N2P. The molecule has 0 radical (unpaired) electrons. The third kappa shape index (κ3) is 4.04. The third-order valence-electron chi connectivity index (χ3n) is 7.62. The second-order valence-electron chi connectivity index (χ2n) is 10.9. The van der Waals surface area contributed by atoms with Crippen LogP contribution in [0.5, 0.6) is 0 Å². The highest BCUT2D eigenvalue weighted by atomic mass is 31.2. The molecule has 170 valence electrons. The topological polar surface area (TPSA) is 24.7 Å². The molecule has 33 heavy (non-hydrogen) atoms. The van der Waals surface area contributed by atoms with Crippen LogP contribution < -0.4 is 15.9 Å². The van der Waals surface area contributed by atoms with E-state index < -0.39 is 7.05 Å². The van der Waals surface area contributed by atoms with Gasteiger partial charge in [-0.25, -0.2) is 0 Å². The Bertz CT molecular complexity index is 1060. The van der Waals surface area contributed by atoms with Gasteiger partial charge in [0.05, 0.1) is 12.8 Å². The van der Waals surface area contributed by atoms with Crippen molar-refractivity contribution in [1.29, 1.82) is 0 Å². The standard InChI is InChI=1S/C30H35N2P/c1-29(2,3)28(30-21-19-24(23-30)20-22-30)31-32-33(25-13-7-4-8-14-25,26-15-9-5-10-16-26)27-17-11-6-12-18-27/h4-18,24H,19-23H2,1-3H3/b31-28+. The zero-order valence-corrected chi connectivity index (χ0v) is 21.0. The summed E-state index contributed by atoms with van der Waals surface area (Å²) >= 11 is 0. The minimum absolute atomic E-state index is 0.00243. The van der Waals surface area contributed by atoms with Crippen molar-refractivity contribution in [3.05, 3.63) is 91.0 Å². The minimum atomic E-state index is -2.31. The van der Waals surface area contributed by atoms with Gasteiger partial charge in [0.1, 0.15) is 0 Å². The van der Waals surface area contributed by atoms with E-state index in [0.717, 1.165) is 5.92 Å². The molecule has 0 atom stereocenters. The Morgan fingerprint density at radius 2 is 1.15 bits per heavy atom. The second kappa shape index (κ2) is 8.73. The Morgan fingerprint density at radius 1 is 0.727 bits per heavy atom. The molecule has 2 bridgehead atoms. The van der Waals surface area contributed by atoms with Gasteiger partial charge in [0.2, 0.25) is 0 Å². The Hall–Kier alpha value is -2.44. The highest BCUT2D eigenvalue weighted by Gasteiger charge is 2.51. The van der Waals surface area contributed by atoms with Crippen LogP contribution in [0.15, 0.2) is 101 Å². The van der Waals surface area contributed by atoms with Crippen molar-refractivity contribution >= 4 is 28.7 Å². The quantitative estimate of drug-likeness (QED) is 0.222. The average Bonchev–Trinajstić information content (AvgIpc) is 3.45. The first-order valence-corrected chi connectivity index (χ1v) is 14.1. The second-order valence-corrected chi connectivity index (χ2v) is 13.9. The van der Waals surface area contributed by atoms with Crippen LogP contribution >= 0.6 is 7.05 Å². The molecule has 2 saturated carbocycles. The fraction of sp³-hybridized carbons (Fsp3) is 0.367. The van der Waals surface area contributed by atoms with Crippen LogP contribution in [0.1, 0.15) is 52.9 Å². The predicted molar refractivity (Wildman–Crippen MR) is 143 cm³/mol. The van der Waals surface area contributed by atoms with Gasteiger partial charge in [-0.15, -0.1) is 0 Å². The monoisotopic (exact) mass is 454 g/mol. The van der Waals surface area contributed by atoms with E-state index in [0.29, 0.717) is 0 Å². The van der Waals surface area contributed by atoms with Gasteiger partial charge >= 0.3 is 0 Å². The molecule has 3 aromatic carbocycles. The molecule has 2 fully saturated rings. The smallest absolute Gasteiger partial charge is 0.0837 e. The normalized spacial score (nSPS) is 23.0. The summed E-state index contributed by atoms with van der Waals surface area (Å²) in [5, 5.41) is 9.11. The molecule has 2 aliphatic carbocycles. The van der Waals surface area contributed by atoms with Crippen molar-refractivity contribution in [3.8, 4) is 0 Å². The first kappa shape index (κ1) is 22.4. The Kier molecular flexibility index (Phi) is 5.91. The van der Waals surface area contributed by atoms with E-state index in [1.807, 2.05) is 0 Å². The van der Waals surface area contributed by atoms with Crippen molar-refractivity contribution < 1.29 is 0 Å². The Morgan fingerprint density at radius 3 is 1.48 bits per heavy atom. The summed E-state index contributed by atoms with van der Waals surface area (Å²) in [6.07, 6.45) is 6.55. The Balaban J connectivity index is 1.82. The van der Waals surface area contributed by atoms with Crippen LogP contribution in [0.2, 0.25) is 0 Å². The van der Waals surface area contributed by atoms with E-state index in [-0.39, 0.29) is 10.8 Å². The van der Waals surface area contributed by atoms with Crippen LogP contribution in [-0.2, 0) is 0 Å². The van der Waals surface area contributed by atoms with Gasteiger partial charge in [0.15, 0.2) is 0 Å².